The molecule has 0 amide bonds. The van der Waals surface area contributed by atoms with Gasteiger partial charge in [0.15, 0.2) is 0 Å². The standard InChI is InChI=1S/C19H22N2O/c1-15-3-6-18(13-16(15)2)20-14-17-4-7-19(8-5-17)21-9-11-22-12-10-21/h3-8,13-14H,9-12H2,1-2H3. The molecule has 0 aromatic heterocycles. The summed E-state index contributed by atoms with van der Waals surface area (Å²) in [7, 11) is 0. The molecule has 1 saturated heterocycles. The number of nitrogens with zero attached hydrogens (tertiary/aromatic N) is 2. The van der Waals surface area contributed by atoms with Crippen molar-refractivity contribution in [3.05, 3.63) is 59.2 Å². The number of aryl methyl sites for hydroxylation is 2. The fourth-order valence-electron chi connectivity index (χ4n) is 2.55. The maximum absolute atomic E-state index is 5.39. The van der Waals surface area contributed by atoms with Crippen LogP contribution in [0.3, 0.4) is 0 Å². The van der Waals surface area contributed by atoms with Crippen LogP contribution in [-0.4, -0.2) is 32.5 Å². The molecule has 0 aliphatic carbocycles. The number of hydrogen-bond donors (Lipinski definition) is 0. The highest BCUT2D eigenvalue weighted by Crippen LogP contribution is 2.18. The summed E-state index contributed by atoms with van der Waals surface area (Å²) in [6.07, 6.45) is 1.92. The van der Waals surface area contributed by atoms with Crippen molar-refractivity contribution in [1.82, 2.24) is 0 Å². The third kappa shape index (κ3) is 3.55. The van der Waals surface area contributed by atoms with E-state index >= 15 is 0 Å². The molecular weight excluding hydrogens is 272 g/mol. The number of morpholine rings is 1. The summed E-state index contributed by atoms with van der Waals surface area (Å²) >= 11 is 0. The number of benzene rings is 2. The van der Waals surface area contributed by atoms with Crippen molar-refractivity contribution in [1.29, 1.82) is 0 Å². The molecule has 3 nitrogen and oxygen atoms in total. The monoisotopic (exact) mass is 294 g/mol. The average molecular weight is 294 g/mol. The van der Waals surface area contributed by atoms with Gasteiger partial charge in [0.25, 0.3) is 0 Å². The minimum atomic E-state index is 0.815. The summed E-state index contributed by atoms with van der Waals surface area (Å²) in [6, 6.07) is 14.9. The molecule has 3 heteroatoms. The molecular formula is C19H22N2O. The van der Waals surface area contributed by atoms with Crippen LogP contribution in [0.1, 0.15) is 16.7 Å². The molecule has 1 aliphatic heterocycles. The third-order valence-electron chi connectivity index (χ3n) is 4.12. The number of anilines is 1. The zero-order chi connectivity index (χ0) is 15.4. The van der Waals surface area contributed by atoms with E-state index in [4.69, 9.17) is 4.74 Å². The summed E-state index contributed by atoms with van der Waals surface area (Å²) in [5.74, 6) is 0. The number of aliphatic imine (C=N–C) groups is 1. The highest BCUT2D eigenvalue weighted by atomic mass is 16.5. The number of hydrogen-bond acceptors (Lipinski definition) is 3. The molecule has 2 aromatic carbocycles. The van der Waals surface area contributed by atoms with Gasteiger partial charge in [0, 0.05) is 25.0 Å². The zero-order valence-corrected chi connectivity index (χ0v) is 13.2. The predicted molar refractivity (Wildman–Crippen MR) is 92.6 cm³/mol. The van der Waals surface area contributed by atoms with Crippen LogP contribution < -0.4 is 4.90 Å². The van der Waals surface area contributed by atoms with Gasteiger partial charge in [-0.05, 0) is 54.8 Å². The minimum absolute atomic E-state index is 0.815. The van der Waals surface area contributed by atoms with E-state index in [2.05, 4.69) is 66.2 Å². The molecule has 3 rings (SSSR count). The van der Waals surface area contributed by atoms with Crippen LogP contribution in [0.4, 0.5) is 11.4 Å². The van der Waals surface area contributed by atoms with Gasteiger partial charge in [-0.3, -0.25) is 4.99 Å². The van der Waals surface area contributed by atoms with Crippen molar-refractivity contribution in [2.75, 3.05) is 31.2 Å². The van der Waals surface area contributed by atoms with Crippen LogP contribution in [0.25, 0.3) is 0 Å². The van der Waals surface area contributed by atoms with Gasteiger partial charge in [-0.2, -0.15) is 0 Å². The smallest absolute Gasteiger partial charge is 0.0642 e. The molecule has 1 fully saturated rings. The molecule has 2 aromatic rings. The van der Waals surface area contributed by atoms with E-state index in [1.54, 1.807) is 0 Å². The molecule has 1 heterocycles. The maximum atomic E-state index is 5.39. The molecule has 114 valence electrons. The minimum Gasteiger partial charge on any atom is -0.378 e. The Balaban J connectivity index is 1.69. The van der Waals surface area contributed by atoms with Crippen LogP contribution in [0.15, 0.2) is 47.5 Å². The Morgan fingerprint density at radius 2 is 1.68 bits per heavy atom. The van der Waals surface area contributed by atoms with Crippen molar-refractivity contribution in [3.63, 3.8) is 0 Å². The Bertz CT molecular complexity index is 656. The normalized spacial score (nSPS) is 15.5. The highest BCUT2D eigenvalue weighted by molar-refractivity contribution is 5.82. The second kappa shape index (κ2) is 6.75. The van der Waals surface area contributed by atoms with Crippen molar-refractivity contribution in [2.45, 2.75) is 13.8 Å². The first-order valence-corrected chi connectivity index (χ1v) is 7.76. The first-order chi connectivity index (χ1) is 10.7. The van der Waals surface area contributed by atoms with Gasteiger partial charge >= 0.3 is 0 Å². The molecule has 0 N–H and O–H groups in total. The van der Waals surface area contributed by atoms with E-state index in [0.717, 1.165) is 37.6 Å². The molecule has 0 radical (unpaired) electrons. The Morgan fingerprint density at radius 3 is 2.36 bits per heavy atom. The largest absolute Gasteiger partial charge is 0.378 e. The van der Waals surface area contributed by atoms with E-state index in [9.17, 15) is 0 Å². The Morgan fingerprint density at radius 1 is 0.955 bits per heavy atom. The number of rotatable bonds is 3. The van der Waals surface area contributed by atoms with Crippen molar-refractivity contribution < 1.29 is 4.74 Å². The Hall–Kier alpha value is -2.13. The topological polar surface area (TPSA) is 24.8 Å². The third-order valence-corrected chi connectivity index (χ3v) is 4.12. The lowest BCUT2D eigenvalue weighted by atomic mass is 10.1. The second-order valence-corrected chi connectivity index (χ2v) is 5.72. The molecule has 1 aliphatic rings. The predicted octanol–water partition coefficient (Wildman–Crippen LogP) is 3.89. The summed E-state index contributed by atoms with van der Waals surface area (Å²) in [4.78, 5) is 6.92. The lowest BCUT2D eigenvalue weighted by Crippen LogP contribution is -2.36. The fraction of sp³-hybridized carbons (Fsp3) is 0.316. The van der Waals surface area contributed by atoms with E-state index in [1.807, 2.05) is 6.21 Å². The summed E-state index contributed by atoms with van der Waals surface area (Å²) in [6.45, 7) is 7.80. The van der Waals surface area contributed by atoms with Crippen molar-refractivity contribution in [3.8, 4) is 0 Å². The quantitative estimate of drug-likeness (QED) is 0.802. The molecule has 0 unspecified atom stereocenters. The van der Waals surface area contributed by atoms with Gasteiger partial charge in [0.05, 0.1) is 18.9 Å². The molecule has 22 heavy (non-hydrogen) atoms. The zero-order valence-electron chi connectivity index (χ0n) is 13.2. The first-order valence-electron chi connectivity index (χ1n) is 7.76. The first kappa shape index (κ1) is 14.8. The lowest BCUT2D eigenvalue weighted by molar-refractivity contribution is 0.122. The van der Waals surface area contributed by atoms with Crippen LogP contribution in [0.2, 0.25) is 0 Å². The Kier molecular flexibility index (Phi) is 4.54. The summed E-state index contributed by atoms with van der Waals surface area (Å²) in [5.41, 5.74) is 5.95. The van der Waals surface area contributed by atoms with Crippen LogP contribution >= 0.6 is 0 Å². The highest BCUT2D eigenvalue weighted by Gasteiger charge is 2.10. The van der Waals surface area contributed by atoms with Crippen LogP contribution in [-0.2, 0) is 4.74 Å². The van der Waals surface area contributed by atoms with Gasteiger partial charge in [0.1, 0.15) is 0 Å². The van der Waals surface area contributed by atoms with Crippen molar-refractivity contribution >= 4 is 17.6 Å². The van der Waals surface area contributed by atoms with E-state index in [0.29, 0.717) is 0 Å². The van der Waals surface area contributed by atoms with Gasteiger partial charge in [-0.15, -0.1) is 0 Å². The average Bonchev–Trinajstić information content (AvgIpc) is 2.57. The Labute approximate surface area is 132 Å². The van der Waals surface area contributed by atoms with Crippen LogP contribution in [0.5, 0.6) is 0 Å². The molecule has 0 atom stereocenters. The number of ether oxygens (including phenoxy) is 1. The maximum Gasteiger partial charge on any atom is 0.0642 e. The van der Waals surface area contributed by atoms with Gasteiger partial charge in [-0.1, -0.05) is 18.2 Å². The summed E-state index contributed by atoms with van der Waals surface area (Å²) in [5, 5.41) is 0. The van der Waals surface area contributed by atoms with Crippen LogP contribution in [0, 0.1) is 13.8 Å². The van der Waals surface area contributed by atoms with E-state index in [-0.39, 0.29) is 0 Å². The molecule has 0 saturated carbocycles. The summed E-state index contributed by atoms with van der Waals surface area (Å²) < 4.78 is 5.39. The van der Waals surface area contributed by atoms with Crippen molar-refractivity contribution in [2.24, 2.45) is 4.99 Å². The fourth-order valence-corrected chi connectivity index (χ4v) is 2.55. The van der Waals surface area contributed by atoms with Gasteiger partial charge in [-0.25, -0.2) is 0 Å². The molecule has 0 spiro atoms. The van der Waals surface area contributed by atoms with E-state index in [1.165, 1.54) is 16.8 Å². The SMILES string of the molecule is Cc1ccc(N=Cc2ccc(N3CCOCC3)cc2)cc1C. The second-order valence-electron chi connectivity index (χ2n) is 5.72. The van der Waals surface area contributed by atoms with Gasteiger partial charge in [0.2, 0.25) is 0 Å². The van der Waals surface area contributed by atoms with E-state index < -0.39 is 0 Å². The molecule has 0 bridgehead atoms. The van der Waals surface area contributed by atoms with Gasteiger partial charge < -0.3 is 9.64 Å². The lowest BCUT2D eigenvalue weighted by Gasteiger charge is -2.28.